The molecular formula is C27H25ClN4O2S. The highest BCUT2D eigenvalue weighted by molar-refractivity contribution is 7.10. The first kappa shape index (κ1) is 23.6. The van der Waals surface area contributed by atoms with Crippen LogP contribution in [0.5, 0.6) is 5.75 Å². The van der Waals surface area contributed by atoms with Crippen molar-refractivity contribution in [2.45, 2.75) is 13.5 Å². The summed E-state index contributed by atoms with van der Waals surface area (Å²) < 4.78 is 10.8. The quantitative estimate of drug-likeness (QED) is 0.328. The molecule has 3 heterocycles. The van der Waals surface area contributed by atoms with Gasteiger partial charge >= 0.3 is 0 Å². The molecule has 0 amide bonds. The summed E-state index contributed by atoms with van der Waals surface area (Å²) in [6.45, 7) is 6.47. The summed E-state index contributed by atoms with van der Waals surface area (Å²) >= 11 is 8.05. The number of nitrogens with one attached hydrogen (secondary N) is 1. The number of rotatable bonds is 6. The van der Waals surface area contributed by atoms with Crippen LogP contribution in [0.25, 0.3) is 22.0 Å². The first-order valence-electron chi connectivity index (χ1n) is 11.4. The average molecular weight is 505 g/mol. The zero-order valence-corrected chi connectivity index (χ0v) is 21.2. The molecular weight excluding hydrogens is 480 g/mol. The number of nitrogens with zero attached hydrogens (tertiary/aromatic N) is 3. The molecule has 178 valence electrons. The normalized spacial score (nSPS) is 14.1. The van der Waals surface area contributed by atoms with E-state index in [4.69, 9.17) is 21.1 Å². The highest BCUT2D eigenvalue weighted by Crippen LogP contribution is 2.36. The van der Waals surface area contributed by atoms with Gasteiger partial charge in [0.25, 0.3) is 0 Å². The standard InChI is InChI=1S/C27H25ClN4O2S/c1-17-9-23(28)26(33-2)12-24(17)31-27-20(13-29)14-30-25-11-18(3-4-22(25)27)19-10-21(35-16-19)15-32-5-7-34-8-6-32/h3-4,9-12,14,16H,5-8,15H2,1-2H3,(H,30,31). The van der Waals surface area contributed by atoms with Gasteiger partial charge in [0.05, 0.1) is 42.1 Å². The maximum atomic E-state index is 9.75. The van der Waals surface area contributed by atoms with Crippen molar-refractivity contribution in [3.63, 3.8) is 0 Å². The van der Waals surface area contributed by atoms with Gasteiger partial charge in [-0.2, -0.15) is 5.26 Å². The van der Waals surface area contributed by atoms with Gasteiger partial charge in [-0.25, -0.2) is 0 Å². The van der Waals surface area contributed by atoms with Crippen LogP contribution in [-0.4, -0.2) is 43.3 Å². The van der Waals surface area contributed by atoms with Crippen molar-refractivity contribution in [1.29, 1.82) is 5.26 Å². The molecule has 0 spiro atoms. The van der Waals surface area contributed by atoms with Crippen molar-refractivity contribution >= 4 is 45.2 Å². The highest BCUT2D eigenvalue weighted by Gasteiger charge is 2.15. The lowest BCUT2D eigenvalue weighted by molar-refractivity contribution is 0.0346. The lowest BCUT2D eigenvalue weighted by Gasteiger charge is -2.25. The number of thiophene rings is 1. The van der Waals surface area contributed by atoms with Crippen molar-refractivity contribution in [1.82, 2.24) is 9.88 Å². The van der Waals surface area contributed by atoms with Gasteiger partial charge in [0, 0.05) is 47.8 Å². The van der Waals surface area contributed by atoms with E-state index in [1.165, 1.54) is 10.4 Å². The first-order chi connectivity index (χ1) is 17.1. The molecule has 1 aliphatic heterocycles. The maximum absolute atomic E-state index is 9.75. The highest BCUT2D eigenvalue weighted by atomic mass is 35.5. The molecule has 1 N–H and O–H groups in total. The summed E-state index contributed by atoms with van der Waals surface area (Å²) in [7, 11) is 1.58. The van der Waals surface area contributed by atoms with E-state index in [1.807, 2.05) is 25.1 Å². The number of aromatic nitrogens is 1. The fourth-order valence-corrected chi connectivity index (χ4v) is 5.50. The van der Waals surface area contributed by atoms with Crippen LogP contribution in [-0.2, 0) is 11.3 Å². The largest absolute Gasteiger partial charge is 0.495 e. The molecule has 0 aliphatic carbocycles. The lowest BCUT2D eigenvalue weighted by Crippen LogP contribution is -2.35. The smallest absolute Gasteiger partial charge is 0.139 e. The molecule has 35 heavy (non-hydrogen) atoms. The van der Waals surface area contributed by atoms with Crippen LogP contribution < -0.4 is 10.1 Å². The van der Waals surface area contributed by atoms with Crippen molar-refractivity contribution in [3.05, 3.63) is 69.0 Å². The van der Waals surface area contributed by atoms with Crippen LogP contribution in [0.2, 0.25) is 5.02 Å². The van der Waals surface area contributed by atoms with Crippen molar-refractivity contribution in [2.24, 2.45) is 0 Å². The Hall–Kier alpha value is -3.15. The fraction of sp³-hybridized carbons (Fsp3) is 0.259. The number of hydrogen-bond donors (Lipinski definition) is 1. The van der Waals surface area contributed by atoms with Crippen LogP contribution in [0.1, 0.15) is 16.0 Å². The molecule has 0 saturated carbocycles. The third kappa shape index (κ3) is 4.97. The Balaban J connectivity index is 1.47. The predicted octanol–water partition coefficient (Wildman–Crippen LogP) is 6.38. The van der Waals surface area contributed by atoms with E-state index in [2.05, 4.69) is 44.8 Å². The van der Waals surface area contributed by atoms with Gasteiger partial charge in [0.2, 0.25) is 0 Å². The second-order valence-electron chi connectivity index (χ2n) is 8.51. The Bertz CT molecular complexity index is 1420. The van der Waals surface area contributed by atoms with Gasteiger partial charge in [-0.15, -0.1) is 11.3 Å². The summed E-state index contributed by atoms with van der Waals surface area (Å²) in [5, 5.41) is 16.8. The Morgan fingerprint density at radius 3 is 2.80 bits per heavy atom. The predicted molar refractivity (Wildman–Crippen MR) is 142 cm³/mol. The number of hydrogen-bond acceptors (Lipinski definition) is 7. The van der Waals surface area contributed by atoms with Crippen LogP contribution in [0.15, 0.2) is 48.0 Å². The Kier molecular flexibility index (Phi) is 6.89. The molecule has 0 radical (unpaired) electrons. The number of benzene rings is 2. The van der Waals surface area contributed by atoms with Gasteiger partial charge < -0.3 is 14.8 Å². The molecule has 0 unspecified atom stereocenters. The number of morpholine rings is 1. The van der Waals surface area contributed by atoms with Crippen molar-refractivity contribution in [2.75, 3.05) is 38.7 Å². The number of fused-ring (bicyclic) bond motifs is 1. The first-order valence-corrected chi connectivity index (χ1v) is 12.6. The number of ether oxygens (including phenoxy) is 2. The zero-order chi connectivity index (χ0) is 24.4. The Morgan fingerprint density at radius 2 is 2.03 bits per heavy atom. The van der Waals surface area contributed by atoms with Crippen LogP contribution in [0.4, 0.5) is 11.4 Å². The van der Waals surface area contributed by atoms with Gasteiger partial charge in [-0.3, -0.25) is 9.88 Å². The number of pyridine rings is 1. The Labute approximate surface area is 213 Å². The Morgan fingerprint density at radius 1 is 1.20 bits per heavy atom. The molecule has 5 rings (SSSR count). The molecule has 1 saturated heterocycles. The third-order valence-corrected chi connectivity index (χ3v) is 7.44. The monoisotopic (exact) mass is 504 g/mol. The minimum absolute atomic E-state index is 0.474. The third-order valence-electron chi connectivity index (χ3n) is 6.22. The number of methoxy groups -OCH3 is 1. The molecule has 4 aromatic rings. The fourth-order valence-electron chi connectivity index (χ4n) is 4.27. The molecule has 8 heteroatoms. The minimum atomic E-state index is 0.474. The molecule has 0 bridgehead atoms. The van der Waals surface area contributed by atoms with Crippen molar-refractivity contribution in [3.8, 4) is 22.9 Å². The molecule has 0 atom stereocenters. The van der Waals surface area contributed by atoms with Crippen LogP contribution >= 0.6 is 22.9 Å². The van der Waals surface area contributed by atoms with E-state index >= 15 is 0 Å². The topological polar surface area (TPSA) is 70.4 Å². The van der Waals surface area contributed by atoms with Gasteiger partial charge in [-0.05, 0) is 47.2 Å². The van der Waals surface area contributed by atoms with E-state index in [0.717, 1.165) is 66.3 Å². The second-order valence-corrected chi connectivity index (χ2v) is 9.91. The zero-order valence-electron chi connectivity index (χ0n) is 19.6. The van der Waals surface area contributed by atoms with E-state index in [9.17, 15) is 5.26 Å². The summed E-state index contributed by atoms with van der Waals surface area (Å²) in [6.07, 6.45) is 1.62. The number of halogens is 1. The lowest BCUT2D eigenvalue weighted by atomic mass is 10.0. The van der Waals surface area contributed by atoms with Gasteiger partial charge in [-0.1, -0.05) is 23.7 Å². The summed E-state index contributed by atoms with van der Waals surface area (Å²) in [5.41, 5.74) is 6.08. The van der Waals surface area contributed by atoms with E-state index < -0.39 is 0 Å². The van der Waals surface area contributed by atoms with Crippen LogP contribution in [0.3, 0.4) is 0 Å². The summed E-state index contributed by atoms with van der Waals surface area (Å²) in [5.74, 6) is 0.573. The number of anilines is 2. The number of nitriles is 1. The second kappa shape index (κ2) is 10.2. The van der Waals surface area contributed by atoms with E-state index in [-0.39, 0.29) is 0 Å². The van der Waals surface area contributed by atoms with Gasteiger partial charge in [0.1, 0.15) is 11.8 Å². The SMILES string of the molecule is COc1cc(Nc2c(C#N)cnc3cc(-c4csc(CN5CCOCC5)c4)ccc23)c(C)cc1Cl. The minimum Gasteiger partial charge on any atom is -0.495 e. The maximum Gasteiger partial charge on any atom is 0.139 e. The molecule has 1 aliphatic rings. The van der Waals surface area contributed by atoms with Gasteiger partial charge in [0.15, 0.2) is 0 Å². The molecule has 2 aromatic heterocycles. The average Bonchev–Trinajstić information content (AvgIpc) is 3.34. The molecule has 6 nitrogen and oxygen atoms in total. The van der Waals surface area contributed by atoms with Crippen LogP contribution in [0, 0.1) is 18.3 Å². The summed E-state index contributed by atoms with van der Waals surface area (Å²) in [6, 6.07) is 14.4. The van der Waals surface area contributed by atoms with E-state index in [0.29, 0.717) is 16.3 Å². The summed E-state index contributed by atoms with van der Waals surface area (Å²) in [4.78, 5) is 8.35. The van der Waals surface area contributed by atoms with Crippen molar-refractivity contribution < 1.29 is 9.47 Å². The molecule has 2 aromatic carbocycles. The number of aryl methyl sites for hydroxylation is 1. The van der Waals surface area contributed by atoms with E-state index in [1.54, 1.807) is 24.6 Å². The molecule has 1 fully saturated rings.